The maximum atomic E-state index is 11.2. The minimum atomic E-state index is 0.245. The van der Waals surface area contributed by atoms with E-state index in [1.807, 2.05) is 7.05 Å². The molecule has 1 unspecified atom stereocenters. The fourth-order valence-electron chi connectivity index (χ4n) is 1.76. The van der Waals surface area contributed by atoms with Crippen molar-refractivity contribution in [1.29, 1.82) is 0 Å². The summed E-state index contributed by atoms with van der Waals surface area (Å²) in [5.41, 5.74) is 0. The molecule has 5 heteroatoms. The van der Waals surface area contributed by atoms with Crippen LogP contribution in [0.15, 0.2) is 0 Å². The number of hydrogen-bond donors (Lipinski definition) is 1. The lowest BCUT2D eigenvalue weighted by molar-refractivity contribution is -0.132. The summed E-state index contributed by atoms with van der Waals surface area (Å²) in [6.07, 6.45) is 1.58. The summed E-state index contributed by atoms with van der Waals surface area (Å²) < 4.78 is 10.2. The van der Waals surface area contributed by atoms with Crippen LogP contribution in [-0.4, -0.2) is 63.9 Å². The zero-order valence-electron chi connectivity index (χ0n) is 10.2. The molecular formula is C11H22N2O3. The van der Waals surface area contributed by atoms with Crippen molar-refractivity contribution in [2.75, 3.05) is 47.1 Å². The van der Waals surface area contributed by atoms with Gasteiger partial charge in [0, 0.05) is 39.7 Å². The van der Waals surface area contributed by atoms with E-state index in [-0.39, 0.29) is 5.91 Å². The van der Waals surface area contributed by atoms with Crippen molar-refractivity contribution in [2.24, 2.45) is 0 Å². The standard InChI is InChI=1S/C11H22N2O3/c1-13-9-10(3-4-11(13)14)12-5-6-16-8-7-15-2/h10,12H,3-9H2,1-2H3. The van der Waals surface area contributed by atoms with E-state index < -0.39 is 0 Å². The van der Waals surface area contributed by atoms with E-state index in [2.05, 4.69) is 5.32 Å². The van der Waals surface area contributed by atoms with Crippen LogP contribution < -0.4 is 5.32 Å². The Morgan fingerprint density at radius 1 is 1.44 bits per heavy atom. The molecule has 1 aliphatic rings. The molecule has 0 radical (unpaired) electrons. The van der Waals surface area contributed by atoms with E-state index in [9.17, 15) is 4.79 Å². The first kappa shape index (κ1) is 13.4. The van der Waals surface area contributed by atoms with Crippen molar-refractivity contribution < 1.29 is 14.3 Å². The average molecular weight is 230 g/mol. The molecule has 0 aromatic heterocycles. The van der Waals surface area contributed by atoms with Gasteiger partial charge in [-0.25, -0.2) is 0 Å². The first-order valence-corrected chi connectivity index (χ1v) is 5.78. The van der Waals surface area contributed by atoms with Crippen LogP contribution in [0.1, 0.15) is 12.8 Å². The van der Waals surface area contributed by atoms with Gasteiger partial charge in [0.05, 0.1) is 19.8 Å². The van der Waals surface area contributed by atoms with Crippen LogP contribution >= 0.6 is 0 Å². The summed E-state index contributed by atoms with van der Waals surface area (Å²) in [6, 6.07) is 0.411. The summed E-state index contributed by atoms with van der Waals surface area (Å²) in [5.74, 6) is 0.245. The van der Waals surface area contributed by atoms with Gasteiger partial charge < -0.3 is 19.7 Å². The second kappa shape index (κ2) is 7.60. The number of ether oxygens (including phenoxy) is 2. The molecule has 1 rings (SSSR count). The zero-order chi connectivity index (χ0) is 11.8. The number of nitrogens with one attached hydrogen (secondary N) is 1. The summed E-state index contributed by atoms with van der Waals surface area (Å²) in [5, 5.41) is 3.39. The Hall–Kier alpha value is -0.650. The van der Waals surface area contributed by atoms with Gasteiger partial charge in [-0.05, 0) is 6.42 Å². The predicted molar refractivity (Wildman–Crippen MR) is 61.4 cm³/mol. The van der Waals surface area contributed by atoms with Crippen molar-refractivity contribution in [3.05, 3.63) is 0 Å². The van der Waals surface area contributed by atoms with Crippen LogP contribution in [0, 0.1) is 0 Å². The first-order chi connectivity index (χ1) is 7.74. The van der Waals surface area contributed by atoms with Crippen molar-refractivity contribution >= 4 is 5.91 Å². The normalized spacial score (nSPS) is 21.5. The molecule has 0 aromatic carbocycles. The molecule has 0 aliphatic carbocycles. The molecule has 0 spiro atoms. The third-order valence-electron chi connectivity index (χ3n) is 2.74. The van der Waals surface area contributed by atoms with E-state index in [4.69, 9.17) is 9.47 Å². The molecule has 1 heterocycles. The monoisotopic (exact) mass is 230 g/mol. The highest BCUT2D eigenvalue weighted by molar-refractivity contribution is 5.76. The SMILES string of the molecule is COCCOCCNC1CCC(=O)N(C)C1. The van der Waals surface area contributed by atoms with Gasteiger partial charge in [-0.2, -0.15) is 0 Å². The molecule has 1 saturated heterocycles. The molecule has 94 valence electrons. The van der Waals surface area contributed by atoms with Gasteiger partial charge in [-0.1, -0.05) is 0 Å². The molecule has 0 saturated carbocycles. The second-order valence-corrected chi connectivity index (χ2v) is 4.07. The lowest BCUT2D eigenvalue weighted by Gasteiger charge is -2.30. The molecule has 16 heavy (non-hydrogen) atoms. The number of methoxy groups -OCH3 is 1. The van der Waals surface area contributed by atoms with E-state index in [0.29, 0.717) is 32.3 Å². The van der Waals surface area contributed by atoms with Gasteiger partial charge in [-0.3, -0.25) is 4.79 Å². The minimum absolute atomic E-state index is 0.245. The number of likely N-dealkylation sites (tertiary alicyclic amines) is 1. The Bertz CT molecular complexity index is 211. The summed E-state index contributed by atoms with van der Waals surface area (Å²) >= 11 is 0. The maximum absolute atomic E-state index is 11.2. The molecule has 1 atom stereocenters. The minimum Gasteiger partial charge on any atom is -0.382 e. The van der Waals surface area contributed by atoms with Gasteiger partial charge in [-0.15, -0.1) is 0 Å². The third kappa shape index (κ3) is 4.92. The lowest BCUT2D eigenvalue weighted by Crippen LogP contribution is -2.47. The van der Waals surface area contributed by atoms with Gasteiger partial charge >= 0.3 is 0 Å². The number of carbonyl (C=O) groups is 1. The van der Waals surface area contributed by atoms with Gasteiger partial charge in [0.2, 0.25) is 5.91 Å². The molecule has 5 nitrogen and oxygen atoms in total. The Labute approximate surface area is 97.1 Å². The van der Waals surface area contributed by atoms with Crippen LogP contribution in [0.5, 0.6) is 0 Å². The van der Waals surface area contributed by atoms with E-state index in [1.54, 1.807) is 12.0 Å². The van der Waals surface area contributed by atoms with Gasteiger partial charge in [0.25, 0.3) is 0 Å². The topological polar surface area (TPSA) is 50.8 Å². The smallest absolute Gasteiger partial charge is 0.222 e. The molecule has 1 aliphatic heterocycles. The molecule has 1 N–H and O–H groups in total. The van der Waals surface area contributed by atoms with Gasteiger partial charge in [0.1, 0.15) is 0 Å². The summed E-state index contributed by atoms with van der Waals surface area (Å²) in [6.45, 7) is 3.60. The van der Waals surface area contributed by atoms with Crippen LogP contribution in [-0.2, 0) is 14.3 Å². The number of piperidine rings is 1. The highest BCUT2D eigenvalue weighted by atomic mass is 16.5. The second-order valence-electron chi connectivity index (χ2n) is 4.07. The third-order valence-corrected chi connectivity index (χ3v) is 2.74. The van der Waals surface area contributed by atoms with Gasteiger partial charge in [0.15, 0.2) is 0 Å². The fourth-order valence-corrected chi connectivity index (χ4v) is 1.76. The highest BCUT2D eigenvalue weighted by Crippen LogP contribution is 2.08. The molecule has 1 fully saturated rings. The van der Waals surface area contributed by atoms with Crippen molar-refractivity contribution in [1.82, 2.24) is 10.2 Å². The summed E-state index contributed by atoms with van der Waals surface area (Å²) in [4.78, 5) is 13.0. The Kier molecular flexibility index (Phi) is 6.37. The largest absolute Gasteiger partial charge is 0.382 e. The Balaban J connectivity index is 1.99. The number of likely N-dealkylation sites (N-methyl/N-ethyl adjacent to an activating group) is 1. The lowest BCUT2D eigenvalue weighted by atomic mass is 10.1. The number of hydrogen-bond acceptors (Lipinski definition) is 4. The molecule has 0 bridgehead atoms. The van der Waals surface area contributed by atoms with Crippen molar-refractivity contribution in [3.63, 3.8) is 0 Å². The van der Waals surface area contributed by atoms with E-state index >= 15 is 0 Å². The van der Waals surface area contributed by atoms with E-state index in [0.717, 1.165) is 19.5 Å². The van der Waals surface area contributed by atoms with Crippen LogP contribution in [0.25, 0.3) is 0 Å². The van der Waals surface area contributed by atoms with Crippen molar-refractivity contribution in [3.8, 4) is 0 Å². The fraction of sp³-hybridized carbons (Fsp3) is 0.909. The first-order valence-electron chi connectivity index (χ1n) is 5.78. The average Bonchev–Trinajstić information content (AvgIpc) is 2.28. The quantitative estimate of drug-likeness (QED) is 0.619. The van der Waals surface area contributed by atoms with Crippen molar-refractivity contribution in [2.45, 2.75) is 18.9 Å². The molecule has 1 amide bonds. The summed E-state index contributed by atoms with van der Waals surface area (Å²) in [7, 11) is 3.52. The number of carbonyl (C=O) groups excluding carboxylic acids is 1. The van der Waals surface area contributed by atoms with Crippen LogP contribution in [0.3, 0.4) is 0 Å². The Morgan fingerprint density at radius 2 is 2.25 bits per heavy atom. The van der Waals surface area contributed by atoms with Crippen LogP contribution in [0.4, 0.5) is 0 Å². The maximum Gasteiger partial charge on any atom is 0.222 e. The van der Waals surface area contributed by atoms with E-state index in [1.165, 1.54) is 0 Å². The Morgan fingerprint density at radius 3 is 2.94 bits per heavy atom. The molecular weight excluding hydrogens is 208 g/mol. The highest BCUT2D eigenvalue weighted by Gasteiger charge is 2.21. The number of nitrogens with zero attached hydrogens (tertiary/aromatic N) is 1. The zero-order valence-corrected chi connectivity index (χ0v) is 10.2. The molecule has 0 aromatic rings. The predicted octanol–water partition coefficient (Wildman–Crippen LogP) is -0.140. The van der Waals surface area contributed by atoms with Crippen LogP contribution in [0.2, 0.25) is 0 Å². The number of amides is 1. The number of rotatable bonds is 7.